The maximum atomic E-state index is 14.2. The van der Waals surface area contributed by atoms with Gasteiger partial charge in [-0.2, -0.15) is 13.2 Å². The van der Waals surface area contributed by atoms with Crippen LogP contribution in [0, 0.1) is 12.7 Å². The minimum absolute atomic E-state index is 0.0984. The molecule has 0 saturated heterocycles. The van der Waals surface area contributed by atoms with Gasteiger partial charge in [0.25, 0.3) is 11.5 Å². The molecule has 3 heterocycles. The SMILES string of the molecule is CCNC(=O)c1sc2c(c1C)CN(C1=NOC(c3cc(Cl)c(F)c(Cl)c3)(C(F)(F)F)C1)C2. The van der Waals surface area contributed by atoms with Gasteiger partial charge >= 0.3 is 6.18 Å². The Kier molecular flexibility index (Phi) is 5.83. The van der Waals surface area contributed by atoms with Crippen molar-refractivity contribution < 1.29 is 27.2 Å². The molecule has 2 aromatic rings. The number of halogens is 6. The average molecular weight is 510 g/mol. The van der Waals surface area contributed by atoms with Crippen LogP contribution in [0.25, 0.3) is 0 Å². The summed E-state index contributed by atoms with van der Waals surface area (Å²) in [7, 11) is 0. The summed E-state index contributed by atoms with van der Waals surface area (Å²) in [5.74, 6) is -1.07. The van der Waals surface area contributed by atoms with Crippen molar-refractivity contribution in [3.8, 4) is 0 Å². The van der Waals surface area contributed by atoms with Crippen LogP contribution in [0.5, 0.6) is 0 Å². The second-order valence-corrected chi connectivity index (χ2v) is 9.45. The molecule has 0 aliphatic carbocycles. The molecule has 0 radical (unpaired) electrons. The number of nitrogens with one attached hydrogen (secondary N) is 1. The number of alkyl halides is 3. The Labute approximate surface area is 194 Å². The summed E-state index contributed by atoms with van der Waals surface area (Å²) < 4.78 is 56.3. The van der Waals surface area contributed by atoms with Gasteiger partial charge in [-0.25, -0.2) is 4.39 Å². The molecule has 1 N–H and O–H groups in total. The van der Waals surface area contributed by atoms with E-state index in [9.17, 15) is 22.4 Å². The number of rotatable bonds is 3. The van der Waals surface area contributed by atoms with Gasteiger partial charge in [0.1, 0.15) is 5.84 Å². The number of hydrogen-bond donors (Lipinski definition) is 1. The lowest BCUT2D eigenvalue weighted by molar-refractivity contribution is -0.275. The number of benzene rings is 1. The number of carbonyl (C=O) groups is 1. The van der Waals surface area contributed by atoms with Crippen molar-refractivity contribution in [1.29, 1.82) is 0 Å². The molecule has 1 atom stereocenters. The van der Waals surface area contributed by atoms with Crippen molar-refractivity contribution in [3.05, 3.63) is 54.4 Å². The molecule has 1 aromatic carbocycles. The molecule has 1 amide bonds. The van der Waals surface area contributed by atoms with E-state index in [0.29, 0.717) is 24.5 Å². The molecule has 5 nitrogen and oxygen atoms in total. The Morgan fingerprint density at radius 1 is 1.31 bits per heavy atom. The summed E-state index contributed by atoms with van der Waals surface area (Å²) >= 11 is 12.8. The third-order valence-corrected chi connectivity index (χ3v) is 7.44. The second kappa shape index (κ2) is 8.07. The molecule has 2 aliphatic heterocycles. The molecule has 1 aromatic heterocycles. The zero-order valence-corrected chi connectivity index (χ0v) is 19.2. The van der Waals surface area contributed by atoms with Crippen LogP contribution in [-0.2, 0) is 23.5 Å². The fourth-order valence-corrected chi connectivity index (χ4v) is 5.58. The fourth-order valence-electron chi connectivity index (χ4n) is 3.85. The molecule has 1 unspecified atom stereocenters. The summed E-state index contributed by atoms with van der Waals surface area (Å²) in [4.78, 5) is 20.4. The van der Waals surface area contributed by atoms with Gasteiger partial charge in [-0.3, -0.25) is 4.79 Å². The van der Waals surface area contributed by atoms with Crippen LogP contribution in [0.1, 0.15) is 44.6 Å². The van der Waals surface area contributed by atoms with Crippen molar-refractivity contribution in [2.45, 2.75) is 45.1 Å². The van der Waals surface area contributed by atoms with E-state index < -0.39 is 39.6 Å². The molecule has 12 heteroatoms. The molecule has 0 saturated carbocycles. The van der Waals surface area contributed by atoms with Gasteiger partial charge in [0.05, 0.1) is 27.9 Å². The van der Waals surface area contributed by atoms with Crippen LogP contribution >= 0.6 is 34.5 Å². The third kappa shape index (κ3) is 3.62. The Bertz CT molecular complexity index is 1110. The summed E-state index contributed by atoms with van der Waals surface area (Å²) in [6, 6.07) is 1.72. The van der Waals surface area contributed by atoms with Crippen LogP contribution in [0.2, 0.25) is 10.0 Å². The van der Waals surface area contributed by atoms with Crippen molar-refractivity contribution in [2.75, 3.05) is 6.54 Å². The van der Waals surface area contributed by atoms with Gasteiger partial charge in [0.15, 0.2) is 5.82 Å². The van der Waals surface area contributed by atoms with E-state index in [-0.39, 0.29) is 11.7 Å². The molecular formula is C20H17Cl2F4N3O2S. The smallest absolute Gasteiger partial charge is 0.372 e. The summed E-state index contributed by atoms with van der Waals surface area (Å²) in [6.07, 6.45) is -5.49. The number of carbonyl (C=O) groups excluding carboxylic acids is 1. The van der Waals surface area contributed by atoms with Gasteiger partial charge in [-0.1, -0.05) is 28.4 Å². The summed E-state index contributed by atoms with van der Waals surface area (Å²) in [6.45, 7) is 4.75. The first-order valence-corrected chi connectivity index (χ1v) is 11.2. The highest BCUT2D eigenvalue weighted by molar-refractivity contribution is 7.14. The molecule has 32 heavy (non-hydrogen) atoms. The minimum Gasteiger partial charge on any atom is -0.372 e. The number of oxime groups is 1. The van der Waals surface area contributed by atoms with E-state index in [4.69, 9.17) is 28.0 Å². The largest absolute Gasteiger partial charge is 0.435 e. The highest BCUT2D eigenvalue weighted by Crippen LogP contribution is 2.50. The highest BCUT2D eigenvalue weighted by atomic mass is 35.5. The number of hydrogen-bond acceptors (Lipinski definition) is 5. The van der Waals surface area contributed by atoms with Crippen LogP contribution in [0.4, 0.5) is 17.6 Å². The lowest BCUT2D eigenvalue weighted by Crippen LogP contribution is -2.44. The topological polar surface area (TPSA) is 53.9 Å². The first-order valence-electron chi connectivity index (χ1n) is 9.59. The normalized spacial score (nSPS) is 20.2. The van der Waals surface area contributed by atoms with Crippen molar-refractivity contribution in [2.24, 2.45) is 5.16 Å². The number of amides is 1. The quantitative estimate of drug-likeness (QED) is 0.422. The Morgan fingerprint density at radius 3 is 2.53 bits per heavy atom. The van der Waals surface area contributed by atoms with E-state index in [1.165, 1.54) is 11.3 Å². The number of amidine groups is 1. The molecule has 4 rings (SSSR count). The first kappa shape index (κ1) is 23.1. The summed E-state index contributed by atoms with van der Waals surface area (Å²) in [5.41, 5.74) is -1.56. The standard InChI is InChI=1S/C20H17Cl2F4N3O2S/c1-3-27-18(30)17-9(2)11-7-29(8-14(11)32-17)15-6-19(31-28-15,20(24,25)26)10-4-12(21)16(23)13(22)5-10/h4-5H,3,6-8H2,1-2H3,(H,27,30). The third-order valence-electron chi connectivity index (χ3n) is 5.57. The monoisotopic (exact) mass is 509 g/mol. The van der Waals surface area contributed by atoms with Crippen LogP contribution in [0.15, 0.2) is 17.3 Å². The van der Waals surface area contributed by atoms with E-state index >= 15 is 0 Å². The number of nitrogens with zero attached hydrogens (tertiary/aromatic N) is 2. The lowest BCUT2D eigenvalue weighted by Gasteiger charge is -2.30. The lowest BCUT2D eigenvalue weighted by atomic mass is 9.89. The average Bonchev–Trinajstić information content (AvgIpc) is 3.40. The van der Waals surface area contributed by atoms with E-state index in [1.807, 2.05) is 13.8 Å². The van der Waals surface area contributed by atoms with Crippen molar-refractivity contribution in [3.63, 3.8) is 0 Å². The van der Waals surface area contributed by atoms with Crippen LogP contribution in [0.3, 0.4) is 0 Å². The predicted molar refractivity (Wildman–Crippen MR) is 114 cm³/mol. The molecular weight excluding hydrogens is 493 g/mol. The van der Waals surface area contributed by atoms with Gasteiger partial charge in [-0.15, -0.1) is 11.3 Å². The minimum atomic E-state index is -4.87. The van der Waals surface area contributed by atoms with Gasteiger partial charge in [0.2, 0.25) is 0 Å². The van der Waals surface area contributed by atoms with Gasteiger partial charge in [-0.05, 0) is 37.1 Å². The molecule has 2 aliphatic rings. The summed E-state index contributed by atoms with van der Waals surface area (Å²) in [5, 5.41) is 5.43. The maximum absolute atomic E-state index is 14.2. The zero-order valence-electron chi connectivity index (χ0n) is 16.9. The number of thiophene rings is 1. The first-order chi connectivity index (χ1) is 15.0. The Hall–Kier alpha value is -2.04. The zero-order chi connectivity index (χ0) is 23.4. The van der Waals surface area contributed by atoms with Crippen LogP contribution < -0.4 is 5.32 Å². The number of fused-ring (bicyclic) bond motifs is 1. The van der Waals surface area contributed by atoms with Gasteiger partial charge in [0, 0.05) is 23.5 Å². The van der Waals surface area contributed by atoms with E-state index in [2.05, 4.69) is 10.5 Å². The molecule has 172 valence electrons. The van der Waals surface area contributed by atoms with Gasteiger partial charge < -0.3 is 15.1 Å². The maximum Gasteiger partial charge on any atom is 0.435 e. The van der Waals surface area contributed by atoms with Crippen LogP contribution in [-0.4, -0.2) is 29.4 Å². The fraction of sp³-hybridized carbons (Fsp3) is 0.400. The molecule has 0 bridgehead atoms. The molecule has 0 fully saturated rings. The predicted octanol–water partition coefficient (Wildman–Crippen LogP) is 5.76. The van der Waals surface area contributed by atoms with E-state index in [0.717, 1.165) is 28.1 Å². The second-order valence-electron chi connectivity index (χ2n) is 7.53. The molecule has 0 spiro atoms. The Balaban J connectivity index is 1.60. The van der Waals surface area contributed by atoms with E-state index in [1.54, 1.807) is 4.90 Å². The highest BCUT2D eigenvalue weighted by Gasteiger charge is 2.63. The Morgan fingerprint density at radius 2 is 1.97 bits per heavy atom. The van der Waals surface area contributed by atoms with Crippen molar-refractivity contribution >= 4 is 46.3 Å². The van der Waals surface area contributed by atoms with Crippen molar-refractivity contribution in [1.82, 2.24) is 10.2 Å².